The van der Waals surface area contributed by atoms with Crippen molar-refractivity contribution in [2.24, 2.45) is 0 Å². The van der Waals surface area contributed by atoms with Crippen molar-refractivity contribution in [1.82, 2.24) is 0 Å². The van der Waals surface area contributed by atoms with Crippen LogP contribution in [0.15, 0.2) is 45.5 Å². The Labute approximate surface area is 114 Å². The average molecular weight is 315 g/mol. The van der Waals surface area contributed by atoms with E-state index in [4.69, 9.17) is 16.0 Å². The minimum Gasteiger partial charge on any atom is -0.467 e. The van der Waals surface area contributed by atoms with Gasteiger partial charge in [0.2, 0.25) is 0 Å². The van der Waals surface area contributed by atoms with Crippen molar-refractivity contribution >= 4 is 33.2 Å². The Kier molecular flexibility index (Phi) is 4.13. The normalized spacial score (nSPS) is 12.4. The lowest BCUT2D eigenvalue weighted by molar-refractivity contribution is 0.474. The first kappa shape index (κ1) is 12.5. The highest BCUT2D eigenvalue weighted by Gasteiger charge is 2.13. The Balaban J connectivity index is 2.21. The molecule has 0 amide bonds. The molecule has 2 rings (SSSR count). The maximum absolute atomic E-state index is 6.14. The number of benzene rings is 1. The van der Waals surface area contributed by atoms with Crippen molar-refractivity contribution in [2.45, 2.75) is 19.4 Å². The van der Waals surface area contributed by atoms with E-state index >= 15 is 0 Å². The molecule has 1 unspecified atom stereocenters. The van der Waals surface area contributed by atoms with Crippen LogP contribution in [-0.4, -0.2) is 0 Å². The minimum absolute atomic E-state index is 0.136. The molecule has 0 fully saturated rings. The second-order valence-electron chi connectivity index (χ2n) is 3.74. The Morgan fingerprint density at radius 3 is 2.88 bits per heavy atom. The summed E-state index contributed by atoms with van der Waals surface area (Å²) in [5.41, 5.74) is 0.907. The highest BCUT2D eigenvalue weighted by molar-refractivity contribution is 9.10. The topological polar surface area (TPSA) is 25.2 Å². The quantitative estimate of drug-likeness (QED) is 0.833. The van der Waals surface area contributed by atoms with E-state index in [0.29, 0.717) is 5.02 Å². The fourth-order valence-electron chi connectivity index (χ4n) is 1.66. The summed E-state index contributed by atoms with van der Waals surface area (Å²) in [5.74, 6) is 0.920. The third-order valence-electron chi connectivity index (χ3n) is 2.55. The van der Waals surface area contributed by atoms with E-state index in [1.54, 1.807) is 6.26 Å². The van der Waals surface area contributed by atoms with Gasteiger partial charge in [0.1, 0.15) is 5.76 Å². The van der Waals surface area contributed by atoms with Gasteiger partial charge in [0.25, 0.3) is 0 Å². The predicted molar refractivity (Wildman–Crippen MR) is 74.5 cm³/mol. The van der Waals surface area contributed by atoms with Crippen molar-refractivity contribution in [3.05, 3.63) is 51.9 Å². The molecule has 1 atom stereocenters. The Hall–Kier alpha value is -0.930. The number of furan rings is 1. The van der Waals surface area contributed by atoms with Crippen LogP contribution in [0.4, 0.5) is 5.69 Å². The van der Waals surface area contributed by atoms with Crippen LogP contribution in [-0.2, 0) is 0 Å². The zero-order valence-electron chi connectivity index (χ0n) is 9.41. The second kappa shape index (κ2) is 5.61. The molecule has 17 heavy (non-hydrogen) atoms. The first-order valence-corrected chi connectivity index (χ1v) is 6.62. The van der Waals surface area contributed by atoms with Crippen LogP contribution in [0, 0.1) is 0 Å². The molecule has 1 N–H and O–H groups in total. The van der Waals surface area contributed by atoms with Gasteiger partial charge >= 0.3 is 0 Å². The summed E-state index contributed by atoms with van der Waals surface area (Å²) in [7, 11) is 0. The molecular weight excluding hydrogens is 302 g/mol. The Bertz CT molecular complexity index is 484. The van der Waals surface area contributed by atoms with Crippen LogP contribution < -0.4 is 5.32 Å². The van der Waals surface area contributed by atoms with Crippen LogP contribution in [0.25, 0.3) is 0 Å². The molecule has 0 radical (unpaired) electrons. The summed E-state index contributed by atoms with van der Waals surface area (Å²) in [4.78, 5) is 0. The lowest BCUT2D eigenvalue weighted by Gasteiger charge is -2.17. The van der Waals surface area contributed by atoms with Gasteiger partial charge in [0.05, 0.1) is 23.0 Å². The molecule has 1 heterocycles. The highest BCUT2D eigenvalue weighted by atomic mass is 79.9. The molecular formula is C13H13BrClNO. The Morgan fingerprint density at radius 1 is 1.41 bits per heavy atom. The first-order valence-electron chi connectivity index (χ1n) is 5.45. The lowest BCUT2D eigenvalue weighted by Crippen LogP contribution is -2.09. The van der Waals surface area contributed by atoms with Crippen molar-refractivity contribution in [2.75, 3.05) is 5.32 Å². The van der Waals surface area contributed by atoms with Gasteiger partial charge in [-0.05, 0) is 36.8 Å². The van der Waals surface area contributed by atoms with E-state index in [1.807, 2.05) is 30.3 Å². The monoisotopic (exact) mass is 313 g/mol. The molecule has 0 bridgehead atoms. The first-order chi connectivity index (χ1) is 8.20. The third-order valence-corrected chi connectivity index (χ3v) is 3.38. The zero-order valence-corrected chi connectivity index (χ0v) is 11.8. The highest BCUT2D eigenvalue weighted by Crippen LogP contribution is 2.30. The summed E-state index contributed by atoms with van der Waals surface area (Å²) in [6.07, 6.45) is 2.61. The van der Waals surface area contributed by atoms with Crippen LogP contribution in [0.2, 0.25) is 5.02 Å². The molecule has 0 aliphatic rings. The fourth-order valence-corrected chi connectivity index (χ4v) is 2.19. The fraction of sp³-hybridized carbons (Fsp3) is 0.231. The second-order valence-corrected chi connectivity index (χ2v) is 5.07. The molecule has 0 aliphatic carbocycles. The Morgan fingerprint density at radius 2 is 2.24 bits per heavy atom. The minimum atomic E-state index is 0.136. The maximum Gasteiger partial charge on any atom is 0.125 e. The van der Waals surface area contributed by atoms with Gasteiger partial charge in [-0.1, -0.05) is 34.5 Å². The van der Waals surface area contributed by atoms with E-state index in [0.717, 1.165) is 22.3 Å². The summed E-state index contributed by atoms with van der Waals surface area (Å²) in [5, 5.41) is 4.09. The number of anilines is 1. The van der Waals surface area contributed by atoms with Crippen LogP contribution in [0.5, 0.6) is 0 Å². The molecule has 0 aliphatic heterocycles. The summed E-state index contributed by atoms with van der Waals surface area (Å²) < 4.78 is 6.41. The summed E-state index contributed by atoms with van der Waals surface area (Å²) >= 11 is 9.58. The number of halogens is 2. The van der Waals surface area contributed by atoms with Gasteiger partial charge < -0.3 is 9.73 Å². The van der Waals surface area contributed by atoms with Crippen molar-refractivity contribution in [1.29, 1.82) is 0 Å². The standard InChI is InChI=1S/C13H13BrClNO/c1-2-11(13-4-3-7-17-13)16-12-8-9(14)5-6-10(12)15/h3-8,11,16H,2H2,1H3. The molecule has 2 nitrogen and oxygen atoms in total. The van der Waals surface area contributed by atoms with Crippen LogP contribution in [0.3, 0.4) is 0 Å². The van der Waals surface area contributed by atoms with Gasteiger partial charge in [0.15, 0.2) is 0 Å². The van der Waals surface area contributed by atoms with E-state index in [-0.39, 0.29) is 6.04 Å². The van der Waals surface area contributed by atoms with Crippen molar-refractivity contribution in [3.8, 4) is 0 Å². The predicted octanol–water partition coefficient (Wildman–Crippen LogP) is 5.26. The van der Waals surface area contributed by atoms with E-state index < -0.39 is 0 Å². The van der Waals surface area contributed by atoms with Crippen LogP contribution >= 0.6 is 27.5 Å². The van der Waals surface area contributed by atoms with Gasteiger partial charge in [0, 0.05) is 4.47 Å². The average Bonchev–Trinajstić information content (AvgIpc) is 2.84. The summed E-state index contributed by atoms with van der Waals surface area (Å²) in [6.45, 7) is 2.10. The van der Waals surface area contributed by atoms with Crippen molar-refractivity contribution in [3.63, 3.8) is 0 Å². The van der Waals surface area contributed by atoms with Gasteiger partial charge in [-0.25, -0.2) is 0 Å². The molecule has 0 saturated heterocycles. The smallest absolute Gasteiger partial charge is 0.125 e. The van der Waals surface area contributed by atoms with Gasteiger partial charge in [-0.15, -0.1) is 0 Å². The largest absolute Gasteiger partial charge is 0.467 e. The van der Waals surface area contributed by atoms with Gasteiger partial charge in [-0.2, -0.15) is 0 Å². The van der Waals surface area contributed by atoms with Crippen LogP contribution in [0.1, 0.15) is 25.1 Å². The molecule has 0 spiro atoms. The molecule has 0 saturated carbocycles. The molecule has 1 aromatic carbocycles. The number of hydrogen-bond donors (Lipinski definition) is 1. The summed E-state index contributed by atoms with van der Waals surface area (Å²) in [6, 6.07) is 9.74. The molecule has 2 aromatic rings. The molecule has 1 aromatic heterocycles. The van der Waals surface area contributed by atoms with Crippen molar-refractivity contribution < 1.29 is 4.42 Å². The van der Waals surface area contributed by atoms with E-state index in [2.05, 4.69) is 28.2 Å². The molecule has 4 heteroatoms. The lowest BCUT2D eigenvalue weighted by atomic mass is 10.1. The third kappa shape index (κ3) is 3.05. The van der Waals surface area contributed by atoms with E-state index in [1.165, 1.54) is 0 Å². The number of hydrogen-bond acceptors (Lipinski definition) is 2. The number of rotatable bonds is 4. The maximum atomic E-state index is 6.14. The SMILES string of the molecule is CCC(Nc1cc(Br)ccc1Cl)c1ccco1. The number of nitrogens with one attached hydrogen (secondary N) is 1. The molecule has 90 valence electrons. The van der Waals surface area contributed by atoms with E-state index in [9.17, 15) is 0 Å². The zero-order chi connectivity index (χ0) is 12.3. The van der Waals surface area contributed by atoms with Gasteiger partial charge in [-0.3, -0.25) is 0 Å².